The minimum absolute atomic E-state index is 0.119. The van der Waals surface area contributed by atoms with Gasteiger partial charge in [0, 0.05) is 6.54 Å². The number of rotatable bonds is 7. The zero-order chi connectivity index (χ0) is 15.1. The van der Waals surface area contributed by atoms with E-state index in [0.29, 0.717) is 31.1 Å². The number of hydrogen-bond donors (Lipinski definition) is 3. The minimum atomic E-state index is -0.423. The van der Waals surface area contributed by atoms with Gasteiger partial charge < -0.3 is 20.3 Å². The molecule has 0 aromatic heterocycles. The highest BCUT2D eigenvalue weighted by atomic mass is 16.5. The molecule has 0 aromatic carbocycles. The molecule has 21 heavy (non-hydrogen) atoms. The summed E-state index contributed by atoms with van der Waals surface area (Å²) in [5, 5.41) is 23.0. The lowest BCUT2D eigenvalue weighted by Gasteiger charge is -2.30. The molecule has 124 valence electrons. The summed E-state index contributed by atoms with van der Waals surface area (Å²) in [4.78, 5) is 0. The van der Waals surface area contributed by atoms with Crippen molar-refractivity contribution < 1.29 is 14.9 Å². The lowest BCUT2D eigenvalue weighted by atomic mass is 9.87. The second-order valence-electron chi connectivity index (χ2n) is 7.13. The Morgan fingerprint density at radius 2 is 1.95 bits per heavy atom. The van der Waals surface area contributed by atoms with E-state index in [1.54, 1.807) is 0 Å². The second-order valence-corrected chi connectivity index (χ2v) is 7.13. The Bertz CT molecular complexity index is 287. The van der Waals surface area contributed by atoms with E-state index in [2.05, 4.69) is 12.2 Å². The maximum atomic E-state index is 10.0. The second kappa shape index (κ2) is 9.09. The Balaban J connectivity index is 1.53. The quantitative estimate of drug-likeness (QED) is 0.673. The van der Waals surface area contributed by atoms with E-state index in [4.69, 9.17) is 4.74 Å². The van der Waals surface area contributed by atoms with Crippen molar-refractivity contribution in [1.82, 2.24) is 5.32 Å². The van der Waals surface area contributed by atoms with Crippen LogP contribution < -0.4 is 5.32 Å². The molecule has 2 fully saturated rings. The van der Waals surface area contributed by atoms with Crippen LogP contribution in [0.3, 0.4) is 0 Å². The first kappa shape index (κ1) is 17.2. The van der Waals surface area contributed by atoms with E-state index < -0.39 is 6.10 Å². The summed E-state index contributed by atoms with van der Waals surface area (Å²) in [5.74, 6) is 1.18. The average Bonchev–Trinajstić information content (AvgIpc) is 2.46. The molecule has 0 aliphatic heterocycles. The Morgan fingerprint density at radius 1 is 1.14 bits per heavy atom. The van der Waals surface area contributed by atoms with Gasteiger partial charge >= 0.3 is 0 Å². The average molecular weight is 299 g/mol. The van der Waals surface area contributed by atoms with Crippen LogP contribution in [0.4, 0.5) is 0 Å². The van der Waals surface area contributed by atoms with Gasteiger partial charge in [-0.05, 0) is 50.5 Å². The van der Waals surface area contributed by atoms with Crippen LogP contribution in [0.15, 0.2) is 0 Å². The van der Waals surface area contributed by atoms with E-state index in [1.165, 1.54) is 25.7 Å². The van der Waals surface area contributed by atoms with Gasteiger partial charge in [0.15, 0.2) is 0 Å². The van der Waals surface area contributed by atoms with E-state index in [9.17, 15) is 10.2 Å². The van der Waals surface area contributed by atoms with Gasteiger partial charge in [0.1, 0.15) is 0 Å². The number of aliphatic hydroxyl groups excluding tert-OH is 2. The molecule has 5 unspecified atom stereocenters. The summed E-state index contributed by atoms with van der Waals surface area (Å²) >= 11 is 0. The summed E-state index contributed by atoms with van der Waals surface area (Å²) in [6.45, 7) is 4.18. The lowest BCUT2D eigenvalue weighted by molar-refractivity contribution is -0.0454. The molecule has 4 nitrogen and oxygen atoms in total. The van der Waals surface area contributed by atoms with Gasteiger partial charge in [-0.25, -0.2) is 0 Å². The van der Waals surface area contributed by atoms with Gasteiger partial charge in [0.25, 0.3) is 0 Å². The van der Waals surface area contributed by atoms with Gasteiger partial charge in [-0.3, -0.25) is 0 Å². The maximum Gasteiger partial charge on any atom is 0.0897 e. The van der Waals surface area contributed by atoms with Gasteiger partial charge in [0.05, 0.1) is 24.9 Å². The third kappa shape index (κ3) is 6.23. The predicted molar refractivity (Wildman–Crippen MR) is 84.2 cm³/mol. The fourth-order valence-corrected chi connectivity index (χ4v) is 3.73. The van der Waals surface area contributed by atoms with Crippen molar-refractivity contribution in [3.63, 3.8) is 0 Å². The van der Waals surface area contributed by atoms with Crippen LogP contribution >= 0.6 is 0 Å². The largest absolute Gasteiger partial charge is 0.393 e. The number of nitrogens with one attached hydrogen (secondary N) is 1. The number of aliphatic hydroxyl groups is 2. The fourth-order valence-electron chi connectivity index (χ4n) is 3.73. The molecule has 5 atom stereocenters. The molecule has 2 aliphatic carbocycles. The summed E-state index contributed by atoms with van der Waals surface area (Å²) in [5.41, 5.74) is 0. The Morgan fingerprint density at radius 3 is 2.71 bits per heavy atom. The highest BCUT2D eigenvalue weighted by molar-refractivity contribution is 4.75. The maximum absolute atomic E-state index is 10.0. The minimum Gasteiger partial charge on any atom is -0.393 e. The zero-order valence-electron chi connectivity index (χ0n) is 13.5. The predicted octanol–water partition coefficient (Wildman–Crippen LogP) is 2.08. The molecule has 2 saturated carbocycles. The molecule has 0 amide bonds. The van der Waals surface area contributed by atoms with E-state index in [-0.39, 0.29) is 6.10 Å². The molecule has 0 bridgehead atoms. The summed E-state index contributed by atoms with van der Waals surface area (Å²) in [7, 11) is 0. The van der Waals surface area contributed by atoms with Gasteiger partial charge in [-0.15, -0.1) is 0 Å². The molecule has 0 aromatic rings. The van der Waals surface area contributed by atoms with Crippen molar-refractivity contribution in [3.8, 4) is 0 Å². The Kier molecular flexibility index (Phi) is 7.44. The SMILES string of the molecule is CC1CCCCC1OCC(O)CNCC1CCCC(O)C1. The molecule has 0 spiro atoms. The standard InChI is InChI=1S/C17H33NO3/c1-13-5-2-3-8-17(13)21-12-16(20)11-18-10-14-6-4-7-15(19)9-14/h13-20H,2-12H2,1H3. The van der Waals surface area contributed by atoms with Crippen LogP contribution in [-0.2, 0) is 4.74 Å². The molecule has 2 rings (SSSR count). The molecular formula is C17H33NO3. The Hall–Kier alpha value is -0.160. The molecule has 3 N–H and O–H groups in total. The molecule has 0 radical (unpaired) electrons. The van der Waals surface area contributed by atoms with Crippen molar-refractivity contribution in [1.29, 1.82) is 0 Å². The van der Waals surface area contributed by atoms with E-state index in [0.717, 1.165) is 32.2 Å². The third-order valence-electron chi connectivity index (χ3n) is 5.10. The first-order valence-electron chi connectivity index (χ1n) is 8.83. The zero-order valence-corrected chi connectivity index (χ0v) is 13.5. The van der Waals surface area contributed by atoms with E-state index in [1.807, 2.05) is 0 Å². The first-order valence-corrected chi connectivity index (χ1v) is 8.83. The molecule has 0 saturated heterocycles. The molecule has 0 heterocycles. The smallest absolute Gasteiger partial charge is 0.0897 e. The molecule has 4 heteroatoms. The van der Waals surface area contributed by atoms with Gasteiger partial charge in [-0.2, -0.15) is 0 Å². The summed E-state index contributed by atoms with van der Waals surface area (Å²) in [6.07, 6.45) is 8.93. The van der Waals surface area contributed by atoms with Crippen molar-refractivity contribution >= 4 is 0 Å². The Labute approximate surface area is 129 Å². The lowest BCUT2D eigenvalue weighted by Crippen LogP contribution is -2.37. The summed E-state index contributed by atoms with van der Waals surface area (Å²) < 4.78 is 5.89. The monoisotopic (exact) mass is 299 g/mol. The van der Waals surface area contributed by atoms with Crippen molar-refractivity contribution in [2.75, 3.05) is 19.7 Å². The number of hydrogen-bond acceptors (Lipinski definition) is 4. The van der Waals surface area contributed by atoms with Crippen LogP contribution in [-0.4, -0.2) is 48.2 Å². The van der Waals surface area contributed by atoms with Crippen molar-refractivity contribution in [2.24, 2.45) is 11.8 Å². The molecular weight excluding hydrogens is 266 g/mol. The summed E-state index contributed by atoms with van der Waals surface area (Å²) in [6, 6.07) is 0. The van der Waals surface area contributed by atoms with Crippen LogP contribution in [0.1, 0.15) is 58.3 Å². The fraction of sp³-hybridized carbons (Fsp3) is 1.00. The van der Waals surface area contributed by atoms with Gasteiger partial charge in [0.2, 0.25) is 0 Å². The molecule has 2 aliphatic rings. The highest BCUT2D eigenvalue weighted by Gasteiger charge is 2.23. The third-order valence-corrected chi connectivity index (χ3v) is 5.10. The van der Waals surface area contributed by atoms with Crippen molar-refractivity contribution in [3.05, 3.63) is 0 Å². The van der Waals surface area contributed by atoms with Crippen LogP contribution in [0, 0.1) is 11.8 Å². The van der Waals surface area contributed by atoms with Crippen LogP contribution in [0.2, 0.25) is 0 Å². The van der Waals surface area contributed by atoms with Gasteiger partial charge in [-0.1, -0.05) is 26.2 Å². The normalized spacial score (nSPS) is 35.6. The van der Waals surface area contributed by atoms with Crippen molar-refractivity contribution in [2.45, 2.75) is 76.6 Å². The number of ether oxygens (including phenoxy) is 1. The van der Waals surface area contributed by atoms with E-state index >= 15 is 0 Å². The van der Waals surface area contributed by atoms with Crippen LogP contribution in [0.5, 0.6) is 0 Å². The topological polar surface area (TPSA) is 61.7 Å². The first-order chi connectivity index (χ1) is 10.1. The van der Waals surface area contributed by atoms with Crippen LogP contribution in [0.25, 0.3) is 0 Å². The highest BCUT2D eigenvalue weighted by Crippen LogP contribution is 2.26.